The molecule has 0 atom stereocenters. The van der Waals surface area contributed by atoms with Gasteiger partial charge in [0.1, 0.15) is 0 Å². The van der Waals surface area contributed by atoms with Gasteiger partial charge in [0.05, 0.1) is 19.8 Å². The van der Waals surface area contributed by atoms with Crippen LogP contribution in [0.4, 0.5) is 0 Å². The minimum Gasteiger partial charge on any atom is -0.466 e. The third-order valence-corrected chi connectivity index (χ3v) is 3.59. The van der Waals surface area contributed by atoms with Crippen LogP contribution in [-0.4, -0.2) is 26.2 Å². The summed E-state index contributed by atoms with van der Waals surface area (Å²) in [6.07, 6.45) is 6.65. The Morgan fingerprint density at radius 3 is 2.04 bits per heavy atom. The van der Waals surface area contributed by atoms with Gasteiger partial charge in [0.25, 0.3) is 0 Å². The van der Waals surface area contributed by atoms with Crippen molar-refractivity contribution in [1.82, 2.24) is 0 Å². The summed E-state index contributed by atoms with van der Waals surface area (Å²) in [5, 5.41) is 0. The molecule has 4 heteroatoms. The van der Waals surface area contributed by atoms with Crippen LogP contribution in [0.2, 0.25) is 0 Å². The number of carbonyl (C=O) groups is 2. The van der Waals surface area contributed by atoms with Crippen molar-refractivity contribution in [2.45, 2.75) is 0 Å². The molecular weight excluding hydrogens is 328 g/mol. The maximum Gasteiger partial charge on any atom is 0.338 e. The van der Waals surface area contributed by atoms with E-state index in [1.165, 1.54) is 14.2 Å². The number of hydrogen-bond acceptors (Lipinski definition) is 4. The molecule has 0 heterocycles. The van der Waals surface area contributed by atoms with Crippen LogP contribution < -0.4 is 0 Å². The first kappa shape index (κ1) is 18.9. The van der Waals surface area contributed by atoms with E-state index in [0.717, 1.165) is 17.2 Å². The molecule has 0 N–H and O–H groups in total. The quantitative estimate of drug-likeness (QED) is 0.449. The number of benzene rings is 2. The lowest BCUT2D eigenvalue weighted by Crippen LogP contribution is -2.10. The molecule has 0 aromatic heterocycles. The first-order valence-corrected chi connectivity index (χ1v) is 8.03. The van der Waals surface area contributed by atoms with Crippen LogP contribution >= 0.6 is 0 Å². The van der Waals surface area contributed by atoms with Gasteiger partial charge in [-0.2, -0.15) is 0 Å². The third-order valence-electron chi connectivity index (χ3n) is 3.59. The highest BCUT2D eigenvalue weighted by atomic mass is 16.5. The Kier molecular flexibility index (Phi) is 7.13. The maximum absolute atomic E-state index is 12.2. The number of rotatable bonds is 6. The monoisotopic (exact) mass is 348 g/mol. The van der Waals surface area contributed by atoms with Crippen molar-refractivity contribution in [2.24, 2.45) is 0 Å². The molecule has 0 aliphatic carbocycles. The van der Waals surface area contributed by atoms with E-state index in [4.69, 9.17) is 4.74 Å². The Labute approximate surface area is 153 Å². The molecule has 0 bridgehead atoms. The standard InChI is InChI=1S/C22H20O4/c1-25-21(23)16-20(22(24)26-2)19(18-13-7-4-8-14-18)15-9-12-17-10-5-3-6-11-17/h3-16H,1-2H3/b12-9+,19-15+,20-16-. The Hall–Kier alpha value is -3.40. The molecule has 0 aliphatic heterocycles. The van der Waals surface area contributed by atoms with E-state index in [1.807, 2.05) is 72.8 Å². The maximum atomic E-state index is 12.2. The Morgan fingerprint density at radius 1 is 0.846 bits per heavy atom. The van der Waals surface area contributed by atoms with Crippen molar-refractivity contribution in [3.05, 3.63) is 95.6 Å². The zero-order chi connectivity index (χ0) is 18.8. The van der Waals surface area contributed by atoms with Crippen LogP contribution in [-0.2, 0) is 19.1 Å². The topological polar surface area (TPSA) is 52.6 Å². The van der Waals surface area contributed by atoms with Gasteiger partial charge in [-0.15, -0.1) is 0 Å². The van der Waals surface area contributed by atoms with Crippen LogP contribution in [0.1, 0.15) is 11.1 Å². The summed E-state index contributed by atoms with van der Waals surface area (Å²) in [5.41, 5.74) is 2.50. The molecule has 2 rings (SSSR count). The Balaban J connectivity index is 2.50. The van der Waals surface area contributed by atoms with Gasteiger partial charge in [0.15, 0.2) is 0 Å². The third kappa shape index (κ3) is 5.31. The fourth-order valence-electron chi connectivity index (χ4n) is 2.31. The molecule has 0 aliphatic rings. The zero-order valence-electron chi connectivity index (χ0n) is 14.7. The van der Waals surface area contributed by atoms with Gasteiger partial charge in [-0.1, -0.05) is 78.9 Å². The number of carbonyl (C=O) groups excluding carboxylic acids is 2. The van der Waals surface area contributed by atoms with Crippen LogP contribution in [0.3, 0.4) is 0 Å². The summed E-state index contributed by atoms with van der Waals surface area (Å²) in [7, 11) is 2.53. The molecule has 0 fully saturated rings. The second-order valence-corrected chi connectivity index (χ2v) is 5.29. The van der Waals surface area contributed by atoms with Crippen LogP contribution in [0.15, 0.2) is 84.5 Å². The summed E-state index contributed by atoms with van der Waals surface area (Å²) in [6, 6.07) is 19.1. The van der Waals surface area contributed by atoms with Crippen molar-refractivity contribution in [3.63, 3.8) is 0 Å². The highest BCUT2D eigenvalue weighted by Gasteiger charge is 2.18. The van der Waals surface area contributed by atoms with Gasteiger partial charge in [-0.05, 0) is 16.7 Å². The molecule has 26 heavy (non-hydrogen) atoms. The summed E-state index contributed by atoms with van der Waals surface area (Å²) in [4.78, 5) is 24.0. The Morgan fingerprint density at radius 2 is 1.46 bits per heavy atom. The second-order valence-electron chi connectivity index (χ2n) is 5.29. The SMILES string of the molecule is COC(=O)/C=C(C(=O)OC)/C(=C/C=C/c1ccccc1)c1ccccc1. The molecular formula is C22H20O4. The van der Waals surface area contributed by atoms with E-state index >= 15 is 0 Å². The lowest BCUT2D eigenvalue weighted by molar-refractivity contribution is -0.138. The number of methoxy groups -OCH3 is 2. The summed E-state index contributed by atoms with van der Waals surface area (Å²) < 4.78 is 9.51. The molecule has 0 unspecified atom stereocenters. The number of esters is 2. The molecule has 0 spiro atoms. The molecule has 0 amide bonds. The summed E-state index contributed by atoms with van der Waals surface area (Å²) >= 11 is 0. The number of hydrogen-bond donors (Lipinski definition) is 0. The fourth-order valence-corrected chi connectivity index (χ4v) is 2.31. The molecule has 2 aromatic rings. The highest BCUT2D eigenvalue weighted by Crippen LogP contribution is 2.24. The first-order valence-electron chi connectivity index (χ1n) is 8.03. The van der Waals surface area contributed by atoms with Gasteiger partial charge in [0.2, 0.25) is 0 Å². The predicted molar refractivity (Wildman–Crippen MR) is 102 cm³/mol. The summed E-state index contributed by atoms with van der Waals surface area (Å²) in [6.45, 7) is 0. The number of ether oxygens (including phenoxy) is 2. The molecule has 4 nitrogen and oxygen atoms in total. The van der Waals surface area contributed by atoms with E-state index in [0.29, 0.717) is 5.57 Å². The van der Waals surface area contributed by atoms with Gasteiger partial charge in [-0.3, -0.25) is 0 Å². The van der Waals surface area contributed by atoms with E-state index in [9.17, 15) is 9.59 Å². The van der Waals surface area contributed by atoms with E-state index < -0.39 is 11.9 Å². The largest absolute Gasteiger partial charge is 0.466 e. The molecule has 0 radical (unpaired) electrons. The van der Waals surface area contributed by atoms with Crippen molar-refractivity contribution in [2.75, 3.05) is 14.2 Å². The zero-order valence-corrected chi connectivity index (χ0v) is 14.7. The van der Waals surface area contributed by atoms with Crippen LogP contribution in [0.25, 0.3) is 11.6 Å². The molecule has 2 aromatic carbocycles. The molecule has 0 saturated carbocycles. The van der Waals surface area contributed by atoms with Crippen LogP contribution in [0, 0.1) is 0 Å². The fraction of sp³-hybridized carbons (Fsp3) is 0.0909. The van der Waals surface area contributed by atoms with Gasteiger partial charge >= 0.3 is 11.9 Å². The Bertz CT molecular complexity index is 831. The first-order chi connectivity index (χ1) is 12.7. The average molecular weight is 348 g/mol. The number of allylic oxidation sites excluding steroid dienone is 2. The average Bonchev–Trinajstić information content (AvgIpc) is 2.70. The van der Waals surface area contributed by atoms with E-state index in [-0.39, 0.29) is 5.57 Å². The van der Waals surface area contributed by atoms with Crippen molar-refractivity contribution < 1.29 is 19.1 Å². The molecule has 132 valence electrons. The minimum atomic E-state index is -0.626. The van der Waals surface area contributed by atoms with Gasteiger partial charge in [0, 0.05) is 6.08 Å². The van der Waals surface area contributed by atoms with Gasteiger partial charge < -0.3 is 9.47 Å². The lowest BCUT2D eigenvalue weighted by Gasteiger charge is -2.10. The summed E-state index contributed by atoms with van der Waals surface area (Å²) in [5.74, 6) is -1.24. The van der Waals surface area contributed by atoms with E-state index in [2.05, 4.69) is 4.74 Å². The second kappa shape index (κ2) is 9.79. The lowest BCUT2D eigenvalue weighted by atomic mass is 9.96. The highest BCUT2D eigenvalue weighted by molar-refractivity contribution is 6.10. The smallest absolute Gasteiger partial charge is 0.338 e. The van der Waals surface area contributed by atoms with Crippen molar-refractivity contribution >= 4 is 23.6 Å². The predicted octanol–water partition coefficient (Wildman–Crippen LogP) is 4.06. The van der Waals surface area contributed by atoms with Crippen molar-refractivity contribution in [3.8, 4) is 0 Å². The van der Waals surface area contributed by atoms with Crippen LogP contribution in [0.5, 0.6) is 0 Å². The molecule has 0 saturated heterocycles. The minimum absolute atomic E-state index is 0.128. The van der Waals surface area contributed by atoms with E-state index in [1.54, 1.807) is 6.08 Å². The van der Waals surface area contributed by atoms with Crippen molar-refractivity contribution in [1.29, 1.82) is 0 Å². The normalized spacial score (nSPS) is 12.1. The van der Waals surface area contributed by atoms with Gasteiger partial charge in [-0.25, -0.2) is 9.59 Å².